The topological polar surface area (TPSA) is 148 Å². The monoisotopic (exact) mass is 663 g/mol. The molecule has 248 valence electrons. The van der Waals surface area contributed by atoms with Crippen LogP contribution in [0.4, 0.5) is 0 Å². The number of benzene rings is 3. The van der Waals surface area contributed by atoms with Gasteiger partial charge in [-0.1, -0.05) is 72.8 Å². The van der Waals surface area contributed by atoms with Crippen molar-refractivity contribution in [3.05, 3.63) is 102 Å². The molecule has 0 spiro atoms. The Balaban J connectivity index is 1.22. The number of carbonyl (C=O) groups excluding carboxylic acids is 2. The molecule has 6 atom stereocenters. The molecule has 47 heavy (non-hydrogen) atoms. The van der Waals surface area contributed by atoms with Gasteiger partial charge in [0, 0.05) is 23.4 Å². The minimum absolute atomic E-state index is 0.0470. The zero-order chi connectivity index (χ0) is 33.2. The molecule has 2 saturated heterocycles. The van der Waals surface area contributed by atoms with Crippen molar-refractivity contribution in [2.75, 3.05) is 6.61 Å². The van der Waals surface area contributed by atoms with Crippen molar-refractivity contribution in [2.24, 2.45) is 5.73 Å². The molecule has 0 aliphatic carbocycles. The normalized spacial score (nSPS) is 25.1. The Morgan fingerprint density at radius 2 is 1.77 bits per heavy atom. The molecular weight excluding hydrogens is 625 g/mol. The first kappa shape index (κ1) is 32.9. The summed E-state index contributed by atoms with van der Waals surface area (Å²) in [7, 11) is -4.28. The predicted octanol–water partition coefficient (Wildman–Crippen LogP) is 4.90. The molecule has 3 aromatic carbocycles. The van der Waals surface area contributed by atoms with E-state index in [2.05, 4.69) is 5.09 Å². The van der Waals surface area contributed by atoms with Crippen LogP contribution in [0.15, 0.2) is 96.8 Å². The number of nitrogens with zero attached hydrogens (tertiary/aromatic N) is 1. The second-order valence-corrected chi connectivity index (χ2v) is 13.7. The second-order valence-electron chi connectivity index (χ2n) is 12.0. The lowest BCUT2D eigenvalue weighted by molar-refractivity contribution is -0.201. The molecule has 0 radical (unpaired) electrons. The van der Waals surface area contributed by atoms with E-state index in [9.17, 15) is 14.2 Å². The lowest BCUT2D eigenvalue weighted by Gasteiger charge is -2.31. The second kappa shape index (κ2) is 13.6. The van der Waals surface area contributed by atoms with Crippen molar-refractivity contribution in [3.8, 4) is 5.75 Å². The van der Waals surface area contributed by atoms with E-state index in [1.807, 2.05) is 60.7 Å². The van der Waals surface area contributed by atoms with Crippen LogP contribution in [0.2, 0.25) is 0 Å². The fourth-order valence-electron chi connectivity index (χ4n) is 5.74. The van der Waals surface area contributed by atoms with Crippen LogP contribution < -0.4 is 15.3 Å². The number of amides is 1. The Labute approximate surface area is 273 Å². The molecule has 3 aliphatic heterocycles. The highest BCUT2D eigenvalue weighted by atomic mass is 31.2. The highest BCUT2D eigenvalue weighted by Gasteiger charge is 2.57. The van der Waals surface area contributed by atoms with Gasteiger partial charge in [0.05, 0.1) is 6.61 Å². The molecule has 2 unspecified atom stereocenters. The predicted molar refractivity (Wildman–Crippen MR) is 172 cm³/mol. The Morgan fingerprint density at radius 1 is 1.04 bits per heavy atom. The maximum atomic E-state index is 14.5. The van der Waals surface area contributed by atoms with Crippen LogP contribution in [-0.2, 0) is 44.2 Å². The summed E-state index contributed by atoms with van der Waals surface area (Å²) in [5.74, 6) is -1.81. The molecule has 12 nitrogen and oxygen atoms in total. The Hall–Kier alpha value is -4.03. The molecule has 6 rings (SSSR count). The standard InChI is InChI=1S/C34H38N3O9P/c1-22(33(39)41-20-23-11-5-4-6-12-23)36-47(40,46-27-17-9-14-24-13-7-8-16-26(24)27)42-21-28-29-30(45-34(2,3)44-29)32(43-28)37-18-10-15-25(19-37)31(35)38/h4-14,16-19,22,28-30,32H,15,20-21H2,1-3H3,(H2,35,38)(H,36,40)/t22-,28?,29+,30+,32+,47?/m0/s1. The number of hydrogen-bond acceptors (Lipinski definition) is 10. The lowest BCUT2D eigenvalue weighted by Crippen LogP contribution is -2.40. The highest BCUT2D eigenvalue weighted by Crippen LogP contribution is 2.48. The van der Waals surface area contributed by atoms with E-state index >= 15 is 0 Å². The molecule has 0 aromatic heterocycles. The molecule has 13 heteroatoms. The summed E-state index contributed by atoms with van der Waals surface area (Å²) >= 11 is 0. The van der Waals surface area contributed by atoms with Crippen molar-refractivity contribution in [1.29, 1.82) is 0 Å². The van der Waals surface area contributed by atoms with Crippen LogP contribution >= 0.6 is 7.75 Å². The van der Waals surface area contributed by atoms with Gasteiger partial charge in [0.15, 0.2) is 12.0 Å². The number of rotatable bonds is 12. The average molecular weight is 664 g/mol. The number of nitrogens with one attached hydrogen (secondary N) is 1. The number of nitrogens with two attached hydrogens (primary N) is 1. The lowest BCUT2D eigenvalue weighted by atomic mass is 10.1. The summed E-state index contributed by atoms with van der Waals surface area (Å²) in [6.07, 6.45) is 2.95. The van der Waals surface area contributed by atoms with Gasteiger partial charge in [-0.05, 0) is 44.2 Å². The quantitative estimate of drug-likeness (QED) is 0.201. The number of carbonyl (C=O) groups is 2. The van der Waals surface area contributed by atoms with Crippen LogP contribution in [0, 0.1) is 0 Å². The van der Waals surface area contributed by atoms with Crippen molar-refractivity contribution in [3.63, 3.8) is 0 Å². The van der Waals surface area contributed by atoms with Gasteiger partial charge in [-0.2, -0.15) is 5.09 Å². The van der Waals surface area contributed by atoms with Crippen LogP contribution in [0.1, 0.15) is 32.8 Å². The first-order valence-electron chi connectivity index (χ1n) is 15.4. The first-order chi connectivity index (χ1) is 22.5. The number of primary amides is 1. The van der Waals surface area contributed by atoms with Gasteiger partial charge in [-0.25, -0.2) is 4.57 Å². The summed E-state index contributed by atoms with van der Waals surface area (Å²) < 4.78 is 50.9. The number of esters is 1. The zero-order valence-electron chi connectivity index (χ0n) is 26.3. The number of allylic oxidation sites excluding steroid dienone is 1. The van der Waals surface area contributed by atoms with Gasteiger partial charge in [-0.3, -0.25) is 14.1 Å². The Bertz CT molecular complexity index is 1720. The highest BCUT2D eigenvalue weighted by molar-refractivity contribution is 7.52. The van der Waals surface area contributed by atoms with Gasteiger partial charge < -0.3 is 34.1 Å². The third-order valence-electron chi connectivity index (χ3n) is 7.96. The van der Waals surface area contributed by atoms with Gasteiger partial charge in [-0.15, -0.1) is 0 Å². The summed E-state index contributed by atoms with van der Waals surface area (Å²) in [4.78, 5) is 26.6. The fourth-order valence-corrected chi connectivity index (χ4v) is 7.26. The van der Waals surface area contributed by atoms with E-state index < -0.39 is 56.0 Å². The first-order valence-corrected chi connectivity index (χ1v) is 16.9. The Kier molecular flexibility index (Phi) is 9.52. The molecule has 0 saturated carbocycles. The van der Waals surface area contributed by atoms with E-state index in [0.29, 0.717) is 23.1 Å². The molecule has 3 heterocycles. The maximum absolute atomic E-state index is 14.5. The summed E-state index contributed by atoms with van der Waals surface area (Å²) in [6, 6.07) is 21.0. The van der Waals surface area contributed by atoms with Crippen molar-refractivity contribution >= 4 is 30.4 Å². The molecule has 3 aliphatic rings. The molecule has 2 fully saturated rings. The van der Waals surface area contributed by atoms with Crippen molar-refractivity contribution in [1.82, 2.24) is 9.99 Å². The molecule has 0 bridgehead atoms. The van der Waals surface area contributed by atoms with Gasteiger partial charge in [0.25, 0.3) is 0 Å². The molecule has 3 aromatic rings. The molecule has 3 N–H and O–H groups in total. The summed E-state index contributed by atoms with van der Waals surface area (Å²) in [5.41, 5.74) is 6.76. The van der Waals surface area contributed by atoms with Crippen LogP contribution in [-0.4, -0.2) is 59.8 Å². The number of fused-ring (bicyclic) bond motifs is 2. The van der Waals surface area contributed by atoms with Crippen LogP contribution in [0.25, 0.3) is 10.8 Å². The third kappa shape index (κ3) is 7.59. The summed E-state index contributed by atoms with van der Waals surface area (Å²) in [6.45, 7) is 4.90. The SMILES string of the molecule is C[C@H](NP(=O)(OCC1O[C@@H](N2C=CCC(C(N)=O)=C2)[C@@H]2OC(C)(C)O[C@H]12)Oc1cccc2ccccc12)C(=O)OCc1ccccc1. The van der Waals surface area contributed by atoms with Crippen molar-refractivity contribution < 1.29 is 42.1 Å². The van der Waals surface area contributed by atoms with E-state index in [0.717, 1.165) is 10.9 Å². The van der Waals surface area contributed by atoms with Crippen LogP contribution in [0.3, 0.4) is 0 Å². The number of ether oxygens (including phenoxy) is 4. The maximum Gasteiger partial charge on any atom is 0.459 e. The van der Waals surface area contributed by atoms with E-state index in [1.54, 1.807) is 49.4 Å². The van der Waals surface area contributed by atoms with Crippen LogP contribution in [0.5, 0.6) is 5.75 Å². The van der Waals surface area contributed by atoms with Gasteiger partial charge >= 0.3 is 13.7 Å². The molecular formula is C34H38N3O9P. The third-order valence-corrected chi connectivity index (χ3v) is 9.59. The number of hydrogen-bond donors (Lipinski definition) is 2. The van der Waals surface area contributed by atoms with Gasteiger partial charge in [0.1, 0.15) is 36.7 Å². The fraction of sp³-hybridized carbons (Fsp3) is 0.353. The van der Waals surface area contributed by atoms with E-state index in [4.69, 9.17) is 33.7 Å². The van der Waals surface area contributed by atoms with Gasteiger partial charge in [0.2, 0.25) is 5.91 Å². The molecule has 1 amide bonds. The summed E-state index contributed by atoms with van der Waals surface area (Å²) in [5, 5.41) is 4.34. The minimum Gasteiger partial charge on any atom is -0.460 e. The van der Waals surface area contributed by atoms with E-state index in [-0.39, 0.29) is 13.2 Å². The Morgan fingerprint density at radius 3 is 2.55 bits per heavy atom. The van der Waals surface area contributed by atoms with Crippen molar-refractivity contribution in [2.45, 2.75) is 70.2 Å². The smallest absolute Gasteiger partial charge is 0.459 e. The zero-order valence-corrected chi connectivity index (χ0v) is 27.2. The minimum atomic E-state index is -4.28. The largest absolute Gasteiger partial charge is 0.460 e. The van der Waals surface area contributed by atoms with E-state index in [1.165, 1.54) is 6.92 Å². The average Bonchev–Trinajstić information content (AvgIpc) is 3.56.